The minimum Gasteiger partial charge on any atom is -0.465 e. The van der Waals surface area contributed by atoms with Gasteiger partial charge in [-0.2, -0.15) is 26.0 Å². The van der Waals surface area contributed by atoms with E-state index in [0.29, 0.717) is 17.5 Å². The van der Waals surface area contributed by atoms with E-state index in [1.807, 2.05) is 24.3 Å². The van der Waals surface area contributed by atoms with Gasteiger partial charge in [-0.25, -0.2) is 0 Å². The lowest BCUT2D eigenvalue weighted by molar-refractivity contribution is -0.174. The molecule has 2 aromatic carbocycles. The van der Waals surface area contributed by atoms with Gasteiger partial charge in [-0.3, -0.25) is 9.35 Å². The van der Waals surface area contributed by atoms with Crippen molar-refractivity contribution in [2.45, 2.75) is 56.8 Å². The zero-order valence-electron chi connectivity index (χ0n) is 20.0. The Labute approximate surface area is 207 Å². The van der Waals surface area contributed by atoms with Gasteiger partial charge >= 0.3 is 27.3 Å². The number of halogens is 4. The second-order valence-corrected chi connectivity index (χ2v) is 10.5. The average molecular weight is 533 g/mol. The van der Waals surface area contributed by atoms with Crippen LogP contribution in [0.5, 0.6) is 0 Å². The third-order valence-electron chi connectivity index (χ3n) is 5.28. The molecule has 0 aliphatic heterocycles. The van der Waals surface area contributed by atoms with E-state index in [-0.39, 0.29) is 5.57 Å². The van der Waals surface area contributed by atoms with Gasteiger partial charge in [0.25, 0.3) is 0 Å². The van der Waals surface area contributed by atoms with Gasteiger partial charge in [0.2, 0.25) is 0 Å². The molecule has 0 unspecified atom stereocenters. The van der Waals surface area contributed by atoms with Crippen LogP contribution in [0.3, 0.4) is 0 Å². The van der Waals surface area contributed by atoms with Crippen LogP contribution in [-0.2, 0) is 26.1 Å². The topological polar surface area (TPSA) is 101 Å². The summed E-state index contributed by atoms with van der Waals surface area (Å²) in [5.74, 6) is -6.20. The maximum absolute atomic E-state index is 13.6. The Hall–Kier alpha value is -2.76. The molecule has 11 heteroatoms. The fraction of sp³-hybridized carbons (Fsp3) is 0.400. The van der Waals surface area contributed by atoms with Gasteiger partial charge in [-0.05, 0) is 65.9 Å². The van der Waals surface area contributed by atoms with Crippen LogP contribution in [0, 0.1) is 0 Å². The van der Waals surface area contributed by atoms with Crippen LogP contribution in [0.4, 0.5) is 17.6 Å². The zero-order chi connectivity index (χ0) is 27.5. The predicted molar refractivity (Wildman–Crippen MR) is 129 cm³/mol. The van der Waals surface area contributed by atoms with E-state index in [4.69, 9.17) is 4.55 Å². The highest BCUT2D eigenvalue weighted by Gasteiger charge is 2.65. The van der Waals surface area contributed by atoms with Crippen molar-refractivity contribution in [2.75, 3.05) is 6.61 Å². The van der Waals surface area contributed by atoms with Crippen molar-refractivity contribution in [3.63, 3.8) is 0 Å². The summed E-state index contributed by atoms with van der Waals surface area (Å²) in [5, 5.41) is 6.22. The number of allylic oxidation sites excluding steroid dienone is 1. The third kappa shape index (κ3) is 6.92. The van der Waals surface area contributed by atoms with Crippen molar-refractivity contribution in [3.8, 4) is 0 Å². The first kappa shape index (κ1) is 29.5. The average Bonchev–Trinajstić information content (AvgIpc) is 2.71. The first-order chi connectivity index (χ1) is 16.4. The number of alkyl halides is 4. The fourth-order valence-electron chi connectivity index (χ4n) is 3.60. The molecule has 198 valence electrons. The summed E-state index contributed by atoms with van der Waals surface area (Å²) in [6, 6.07) is 9.27. The number of esters is 1. The molecule has 2 rings (SSSR count). The number of hydrogen-bond acceptors (Lipinski definition) is 5. The number of ether oxygens (including phenoxy) is 1. The summed E-state index contributed by atoms with van der Waals surface area (Å²) in [5.41, 5.74) is 1.41. The second-order valence-electron chi connectivity index (χ2n) is 9.01. The molecule has 2 aromatic rings. The predicted octanol–water partition coefficient (Wildman–Crippen LogP) is 5.64. The minimum atomic E-state index is -6.37. The molecular formula is C25H28F4O6S. The molecule has 0 bridgehead atoms. The molecule has 0 aromatic heterocycles. The highest BCUT2D eigenvalue weighted by atomic mass is 32.2. The molecule has 6 nitrogen and oxygen atoms in total. The van der Waals surface area contributed by atoms with Gasteiger partial charge in [0.05, 0.1) is 25.0 Å². The first-order valence-corrected chi connectivity index (χ1v) is 12.3. The summed E-state index contributed by atoms with van der Waals surface area (Å²) in [4.78, 5) is 12.2. The second kappa shape index (κ2) is 10.7. The number of rotatable bonds is 11. The summed E-state index contributed by atoms with van der Waals surface area (Å²) >= 11 is 0. The van der Waals surface area contributed by atoms with Crippen LogP contribution >= 0.6 is 0 Å². The van der Waals surface area contributed by atoms with E-state index in [9.17, 15) is 35.9 Å². The Morgan fingerprint density at radius 1 is 1.17 bits per heavy atom. The van der Waals surface area contributed by atoms with Crippen LogP contribution in [-0.4, -0.2) is 47.4 Å². The molecule has 36 heavy (non-hydrogen) atoms. The summed E-state index contributed by atoms with van der Waals surface area (Å²) in [6.07, 6.45) is 1.63. The maximum Gasteiger partial charge on any atom is 0.431 e. The number of aliphatic hydroxyl groups is 1. The molecule has 0 saturated carbocycles. The smallest absolute Gasteiger partial charge is 0.431 e. The fourth-order valence-corrected chi connectivity index (χ4v) is 4.08. The van der Waals surface area contributed by atoms with Crippen LogP contribution in [0.2, 0.25) is 0 Å². The van der Waals surface area contributed by atoms with Gasteiger partial charge in [-0.1, -0.05) is 36.9 Å². The molecule has 0 saturated heterocycles. The van der Waals surface area contributed by atoms with Crippen molar-refractivity contribution < 1.29 is 45.2 Å². The number of hydrogen-bond donors (Lipinski definition) is 2. The summed E-state index contributed by atoms with van der Waals surface area (Å²) < 4.78 is 87.9. The molecular weight excluding hydrogens is 504 g/mol. The Kier molecular flexibility index (Phi) is 8.76. The van der Waals surface area contributed by atoms with E-state index in [2.05, 4.69) is 11.3 Å². The number of fused-ring (bicyclic) bond motifs is 1. The number of carbonyl (C=O) groups is 1. The van der Waals surface area contributed by atoms with Gasteiger partial charge in [0.1, 0.15) is 0 Å². The molecule has 0 amide bonds. The Morgan fingerprint density at radius 3 is 2.36 bits per heavy atom. The summed E-state index contributed by atoms with van der Waals surface area (Å²) in [6.45, 7) is 7.81. The Balaban J connectivity index is 2.24. The maximum atomic E-state index is 13.6. The van der Waals surface area contributed by atoms with Crippen LogP contribution < -0.4 is 0 Å². The highest BCUT2D eigenvalue weighted by molar-refractivity contribution is 7.87. The lowest BCUT2D eigenvalue weighted by Crippen LogP contribution is -2.47. The van der Waals surface area contributed by atoms with Gasteiger partial charge in [-0.15, -0.1) is 0 Å². The standard InChI is InChI=1S/C25H28F4O6S/c1-5-7-17-13-18-8-6-9-19(15-23(3,4)31)21(18)14-20(17)16(2)12-22(30)35-11-10-24(26,27)25(28,29)36(32,33)34/h5-9,13-14,31H,2,10-12,15H2,1,3-4H3,(H,32,33,34)/b7-5-. The largest absolute Gasteiger partial charge is 0.465 e. The zero-order valence-corrected chi connectivity index (χ0v) is 20.8. The lowest BCUT2D eigenvalue weighted by Gasteiger charge is -2.23. The van der Waals surface area contributed by atoms with E-state index in [1.54, 1.807) is 39.0 Å². The molecule has 0 atom stereocenters. The van der Waals surface area contributed by atoms with Crippen molar-refractivity contribution in [1.82, 2.24) is 0 Å². The Bertz CT molecular complexity index is 1280. The molecule has 0 aliphatic carbocycles. The number of benzene rings is 2. The van der Waals surface area contributed by atoms with E-state index in [1.165, 1.54) is 0 Å². The monoisotopic (exact) mass is 532 g/mol. The van der Waals surface area contributed by atoms with E-state index < -0.39 is 52.3 Å². The van der Waals surface area contributed by atoms with Crippen molar-refractivity contribution >= 4 is 38.5 Å². The Morgan fingerprint density at radius 2 is 1.81 bits per heavy atom. The lowest BCUT2D eigenvalue weighted by atomic mass is 9.89. The van der Waals surface area contributed by atoms with E-state index >= 15 is 0 Å². The van der Waals surface area contributed by atoms with Crippen LogP contribution in [0.25, 0.3) is 22.4 Å². The van der Waals surface area contributed by atoms with Crippen molar-refractivity contribution in [3.05, 3.63) is 59.7 Å². The minimum absolute atomic E-state index is 0.267. The molecule has 0 spiro atoms. The number of carbonyl (C=O) groups excluding carboxylic acids is 1. The quantitative estimate of drug-likeness (QED) is 0.221. The van der Waals surface area contributed by atoms with Crippen LogP contribution in [0.1, 0.15) is 50.3 Å². The van der Waals surface area contributed by atoms with Gasteiger partial charge in [0, 0.05) is 6.42 Å². The molecule has 0 heterocycles. The van der Waals surface area contributed by atoms with Crippen molar-refractivity contribution in [2.24, 2.45) is 0 Å². The third-order valence-corrected chi connectivity index (χ3v) is 6.22. The van der Waals surface area contributed by atoms with Gasteiger partial charge in [0.15, 0.2) is 0 Å². The molecule has 2 N–H and O–H groups in total. The SMILES string of the molecule is C=C(CC(=O)OCCC(F)(F)C(F)(F)S(=O)(=O)O)c1cc2c(CC(C)(C)O)cccc2cc1/C=C\C. The van der Waals surface area contributed by atoms with E-state index in [0.717, 1.165) is 16.3 Å². The summed E-state index contributed by atoms with van der Waals surface area (Å²) in [7, 11) is -6.37. The molecule has 0 aliphatic rings. The molecule has 0 fully saturated rings. The normalized spacial score (nSPS) is 13.4. The highest BCUT2D eigenvalue weighted by Crippen LogP contribution is 2.40. The molecule has 0 radical (unpaired) electrons. The van der Waals surface area contributed by atoms with Crippen molar-refractivity contribution in [1.29, 1.82) is 0 Å². The first-order valence-electron chi connectivity index (χ1n) is 10.9. The van der Waals surface area contributed by atoms with Crippen LogP contribution in [0.15, 0.2) is 43.0 Å². The van der Waals surface area contributed by atoms with Gasteiger partial charge < -0.3 is 9.84 Å².